The number of carbonyl (C=O) groups is 2. The van der Waals surface area contributed by atoms with Crippen molar-refractivity contribution in [3.63, 3.8) is 0 Å². The molecule has 0 unspecified atom stereocenters. The fraction of sp³-hybridized carbons (Fsp3) is 0.111. The van der Waals surface area contributed by atoms with Crippen LogP contribution in [0.25, 0.3) is 0 Å². The molecule has 0 aliphatic rings. The third-order valence-corrected chi connectivity index (χ3v) is 2.27. The lowest BCUT2D eigenvalue weighted by atomic mass is 10.2. The van der Waals surface area contributed by atoms with Crippen LogP contribution in [0.4, 0.5) is 5.69 Å². The van der Waals surface area contributed by atoms with Gasteiger partial charge < -0.3 is 5.32 Å². The van der Waals surface area contributed by atoms with Gasteiger partial charge in [0, 0.05) is 10.0 Å². The molecule has 0 aliphatic heterocycles. The summed E-state index contributed by atoms with van der Waals surface area (Å²) in [6.45, 7) is 0. The molecule has 1 amide bonds. The van der Waals surface area contributed by atoms with Crippen molar-refractivity contribution in [3.8, 4) is 0 Å². The van der Waals surface area contributed by atoms with Gasteiger partial charge in [0.05, 0.1) is 5.69 Å². The molecule has 14 heavy (non-hydrogen) atoms. The van der Waals surface area contributed by atoms with Gasteiger partial charge in [-0.05, 0) is 18.2 Å². The van der Waals surface area contributed by atoms with Crippen molar-refractivity contribution in [2.45, 2.75) is 0 Å². The molecule has 0 aliphatic carbocycles. The van der Waals surface area contributed by atoms with Gasteiger partial charge in [0.25, 0.3) is 0 Å². The normalized spacial score (nSPS) is 9.57. The van der Waals surface area contributed by atoms with Crippen LogP contribution in [-0.4, -0.2) is 18.1 Å². The van der Waals surface area contributed by atoms with Gasteiger partial charge >= 0.3 is 0 Å². The van der Waals surface area contributed by atoms with Crippen LogP contribution in [0.3, 0.4) is 0 Å². The Morgan fingerprint density at radius 3 is 2.86 bits per heavy atom. The topological polar surface area (TPSA) is 46.2 Å². The molecule has 1 aromatic rings. The third-order valence-electron chi connectivity index (χ3n) is 1.54. The van der Waals surface area contributed by atoms with E-state index in [4.69, 9.17) is 11.6 Å². The molecule has 0 atom stereocenters. The van der Waals surface area contributed by atoms with Crippen LogP contribution in [0.2, 0.25) is 0 Å². The Morgan fingerprint density at radius 1 is 1.57 bits per heavy atom. The number of amides is 1. The summed E-state index contributed by atoms with van der Waals surface area (Å²) >= 11 is 8.54. The van der Waals surface area contributed by atoms with Crippen LogP contribution in [0.5, 0.6) is 0 Å². The molecule has 74 valence electrons. The Morgan fingerprint density at radius 2 is 2.29 bits per heavy atom. The predicted octanol–water partition coefficient (Wildman–Crippen LogP) is 2.44. The van der Waals surface area contributed by atoms with E-state index in [-0.39, 0.29) is 11.8 Å². The standard InChI is InChI=1S/C9H7BrClNO2/c10-7-1-2-8(6(3-7)5-13)12-9(14)4-11/h1-3,5H,4H2,(H,12,14). The highest BCUT2D eigenvalue weighted by atomic mass is 79.9. The summed E-state index contributed by atoms with van der Waals surface area (Å²) < 4.78 is 0.781. The Labute approximate surface area is 94.6 Å². The minimum atomic E-state index is -0.336. The van der Waals surface area contributed by atoms with E-state index in [9.17, 15) is 9.59 Å². The molecule has 0 fully saturated rings. The van der Waals surface area contributed by atoms with Crippen molar-refractivity contribution < 1.29 is 9.59 Å². The molecule has 1 rings (SSSR count). The Bertz CT molecular complexity index is 368. The summed E-state index contributed by atoms with van der Waals surface area (Å²) in [6, 6.07) is 4.99. The van der Waals surface area contributed by atoms with E-state index in [2.05, 4.69) is 21.2 Å². The van der Waals surface area contributed by atoms with E-state index in [1.807, 2.05) is 0 Å². The number of rotatable bonds is 3. The molecule has 5 heteroatoms. The molecular formula is C9H7BrClNO2. The van der Waals surface area contributed by atoms with E-state index < -0.39 is 0 Å². The third kappa shape index (κ3) is 2.82. The second-order valence-corrected chi connectivity index (χ2v) is 3.71. The number of hydrogen-bond acceptors (Lipinski definition) is 2. The highest BCUT2D eigenvalue weighted by molar-refractivity contribution is 9.10. The Balaban J connectivity index is 2.96. The first-order valence-electron chi connectivity index (χ1n) is 3.78. The van der Waals surface area contributed by atoms with Crippen LogP contribution < -0.4 is 5.32 Å². The van der Waals surface area contributed by atoms with E-state index in [0.717, 1.165) is 4.47 Å². The maximum Gasteiger partial charge on any atom is 0.239 e. The van der Waals surface area contributed by atoms with Crippen molar-refractivity contribution >= 4 is 45.4 Å². The number of carbonyl (C=O) groups excluding carboxylic acids is 2. The summed E-state index contributed by atoms with van der Waals surface area (Å²) in [5, 5.41) is 2.52. The fourth-order valence-electron chi connectivity index (χ4n) is 0.929. The average molecular weight is 277 g/mol. The van der Waals surface area contributed by atoms with Crippen LogP contribution in [0.1, 0.15) is 10.4 Å². The van der Waals surface area contributed by atoms with Gasteiger partial charge in [-0.25, -0.2) is 0 Å². The first kappa shape index (κ1) is 11.2. The highest BCUT2D eigenvalue weighted by Gasteiger charge is 2.05. The molecule has 0 saturated carbocycles. The van der Waals surface area contributed by atoms with Gasteiger partial charge in [0.1, 0.15) is 5.88 Å². The number of benzene rings is 1. The van der Waals surface area contributed by atoms with Crippen molar-refractivity contribution in [1.82, 2.24) is 0 Å². The smallest absolute Gasteiger partial charge is 0.239 e. The van der Waals surface area contributed by atoms with Gasteiger partial charge in [-0.3, -0.25) is 9.59 Å². The minimum Gasteiger partial charge on any atom is -0.324 e. The molecule has 0 heterocycles. The molecule has 1 aromatic carbocycles. The number of nitrogens with one attached hydrogen (secondary N) is 1. The second-order valence-electron chi connectivity index (χ2n) is 2.53. The SMILES string of the molecule is O=Cc1cc(Br)ccc1NC(=O)CCl. The van der Waals surface area contributed by atoms with Crippen LogP contribution in [0.15, 0.2) is 22.7 Å². The van der Waals surface area contributed by atoms with Gasteiger partial charge in [-0.2, -0.15) is 0 Å². The van der Waals surface area contributed by atoms with E-state index in [1.165, 1.54) is 0 Å². The quantitative estimate of drug-likeness (QED) is 0.681. The van der Waals surface area contributed by atoms with Gasteiger partial charge in [0.2, 0.25) is 5.91 Å². The van der Waals surface area contributed by atoms with Crippen molar-refractivity contribution in [2.75, 3.05) is 11.2 Å². The van der Waals surface area contributed by atoms with Crippen LogP contribution in [-0.2, 0) is 4.79 Å². The van der Waals surface area contributed by atoms with E-state index in [1.54, 1.807) is 18.2 Å². The van der Waals surface area contributed by atoms with Crippen molar-refractivity contribution in [2.24, 2.45) is 0 Å². The zero-order valence-corrected chi connectivity index (χ0v) is 9.43. The van der Waals surface area contributed by atoms with E-state index in [0.29, 0.717) is 17.5 Å². The number of aldehydes is 1. The highest BCUT2D eigenvalue weighted by Crippen LogP contribution is 2.19. The average Bonchev–Trinajstić information content (AvgIpc) is 2.20. The summed E-state index contributed by atoms with van der Waals surface area (Å²) in [6.07, 6.45) is 0.675. The number of anilines is 1. The van der Waals surface area contributed by atoms with Crippen molar-refractivity contribution in [3.05, 3.63) is 28.2 Å². The maximum absolute atomic E-state index is 11.0. The summed E-state index contributed by atoms with van der Waals surface area (Å²) in [5.41, 5.74) is 0.881. The molecule has 0 aromatic heterocycles. The van der Waals surface area contributed by atoms with Crippen LogP contribution >= 0.6 is 27.5 Å². The van der Waals surface area contributed by atoms with Crippen LogP contribution in [0, 0.1) is 0 Å². The monoisotopic (exact) mass is 275 g/mol. The lowest BCUT2D eigenvalue weighted by Gasteiger charge is -2.05. The minimum absolute atomic E-state index is 0.131. The summed E-state index contributed by atoms with van der Waals surface area (Å²) in [5.74, 6) is -0.467. The van der Waals surface area contributed by atoms with Gasteiger partial charge in [-0.15, -0.1) is 11.6 Å². The summed E-state index contributed by atoms with van der Waals surface area (Å²) in [4.78, 5) is 21.6. The lowest BCUT2D eigenvalue weighted by molar-refractivity contribution is -0.113. The molecular weight excluding hydrogens is 269 g/mol. The zero-order valence-electron chi connectivity index (χ0n) is 7.09. The van der Waals surface area contributed by atoms with Gasteiger partial charge in [0.15, 0.2) is 6.29 Å². The number of alkyl halides is 1. The van der Waals surface area contributed by atoms with Gasteiger partial charge in [-0.1, -0.05) is 15.9 Å². The lowest BCUT2D eigenvalue weighted by Crippen LogP contribution is -2.13. The first-order chi connectivity index (χ1) is 6.67. The fourth-order valence-corrected chi connectivity index (χ4v) is 1.37. The molecule has 0 bridgehead atoms. The molecule has 0 radical (unpaired) electrons. The largest absolute Gasteiger partial charge is 0.324 e. The predicted molar refractivity (Wildman–Crippen MR) is 58.9 cm³/mol. The Hall–Kier alpha value is -0.870. The second kappa shape index (κ2) is 5.12. The molecule has 1 N–H and O–H groups in total. The maximum atomic E-state index is 11.0. The molecule has 0 spiro atoms. The zero-order chi connectivity index (χ0) is 10.6. The molecule has 3 nitrogen and oxygen atoms in total. The van der Waals surface area contributed by atoms with E-state index >= 15 is 0 Å². The van der Waals surface area contributed by atoms with Crippen molar-refractivity contribution in [1.29, 1.82) is 0 Å². The summed E-state index contributed by atoms with van der Waals surface area (Å²) in [7, 11) is 0. The first-order valence-corrected chi connectivity index (χ1v) is 5.10. The number of hydrogen-bond donors (Lipinski definition) is 1. The Kier molecular flexibility index (Phi) is 4.10. The number of halogens is 2. The molecule has 0 saturated heterocycles.